The maximum Gasteiger partial charge on any atom is 0.239 e. The van der Waals surface area contributed by atoms with E-state index in [4.69, 9.17) is 11.6 Å². The third-order valence-electron chi connectivity index (χ3n) is 3.00. The molecule has 0 aliphatic heterocycles. The summed E-state index contributed by atoms with van der Waals surface area (Å²) in [5.74, 6) is -0.0739. The van der Waals surface area contributed by atoms with Gasteiger partial charge in [-0.25, -0.2) is 0 Å². The molecule has 0 bridgehead atoms. The van der Waals surface area contributed by atoms with Gasteiger partial charge in [0, 0.05) is 10.6 Å². The molecule has 0 saturated heterocycles. The van der Waals surface area contributed by atoms with Crippen molar-refractivity contribution in [2.24, 2.45) is 0 Å². The quantitative estimate of drug-likeness (QED) is 0.638. The van der Waals surface area contributed by atoms with Crippen molar-refractivity contribution in [1.29, 1.82) is 0 Å². The number of rotatable bonds is 5. The lowest BCUT2D eigenvalue weighted by atomic mass is 10.2. The molecule has 0 fully saturated rings. The van der Waals surface area contributed by atoms with Crippen LogP contribution in [-0.2, 0) is 4.79 Å². The number of amides is 1. The molecule has 4 heteroatoms. The molecule has 0 radical (unpaired) electrons. The fourth-order valence-corrected chi connectivity index (χ4v) is 3.08. The molecule has 0 aliphatic rings. The number of nitrogens with one attached hydrogen (secondary N) is 1. The summed E-state index contributed by atoms with van der Waals surface area (Å²) >= 11 is 7.68. The number of carbonyl (C=O) groups is 1. The minimum atomic E-state index is -0.338. The van der Waals surface area contributed by atoms with Crippen LogP contribution < -0.4 is 5.32 Å². The normalized spacial score (nSPS) is 13.5. The zero-order valence-electron chi connectivity index (χ0n) is 12.0. The van der Waals surface area contributed by atoms with Gasteiger partial charge in [0.2, 0.25) is 5.91 Å². The molecule has 1 N–H and O–H groups in total. The van der Waals surface area contributed by atoms with Crippen molar-refractivity contribution >= 4 is 35.0 Å². The number of anilines is 1. The first-order valence-electron chi connectivity index (χ1n) is 6.79. The van der Waals surface area contributed by atoms with E-state index in [0.717, 1.165) is 16.1 Å². The minimum Gasteiger partial charge on any atom is -0.325 e. The Balaban J connectivity index is 2.07. The van der Waals surface area contributed by atoms with Crippen LogP contribution in [0, 0.1) is 6.92 Å². The Bertz CT molecular complexity index is 583. The highest BCUT2D eigenvalue weighted by Crippen LogP contribution is 2.28. The van der Waals surface area contributed by atoms with Crippen LogP contribution in [0.2, 0.25) is 0 Å². The molecule has 2 nitrogen and oxygen atoms in total. The van der Waals surface area contributed by atoms with Crippen molar-refractivity contribution in [2.45, 2.75) is 29.4 Å². The molecular weight excluding hydrogens is 302 g/mol. The fraction of sp³-hybridized carbons (Fsp3) is 0.235. The van der Waals surface area contributed by atoms with E-state index >= 15 is 0 Å². The highest BCUT2D eigenvalue weighted by molar-refractivity contribution is 8.00. The van der Waals surface area contributed by atoms with Crippen molar-refractivity contribution in [1.82, 2.24) is 0 Å². The maximum absolute atomic E-state index is 12.4. The summed E-state index contributed by atoms with van der Waals surface area (Å²) in [5, 5.41) is 2.33. The van der Waals surface area contributed by atoms with Crippen LogP contribution in [0.25, 0.3) is 0 Å². The summed E-state index contributed by atoms with van der Waals surface area (Å²) < 4.78 is 0. The number of thioether (sulfide) groups is 1. The highest BCUT2D eigenvalue weighted by atomic mass is 35.5. The number of alkyl halides is 1. The van der Waals surface area contributed by atoms with Gasteiger partial charge in [0.15, 0.2) is 0 Å². The number of hydrogen-bond acceptors (Lipinski definition) is 2. The topological polar surface area (TPSA) is 29.1 Å². The SMILES string of the molecule is Cc1ccc(NC(=O)[C@H](Sc2ccccc2)[C@@H](C)Cl)cc1. The second kappa shape index (κ2) is 7.53. The first kappa shape index (κ1) is 15.9. The Kier molecular flexibility index (Phi) is 5.71. The second-order valence-corrected chi connectivity index (χ2v) is 6.79. The lowest BCUT2D eigenvalue weighted by Crippen LogP contribution is -2.31. The lowest BCUT2D eigenvalue weighted by Gasteiger charge is -2.18. The maximum atomic E-state index is 12.4. The molecule has 0 unspecified atom stereocenters. The van der Waals surface area contributed by atoms with Crippen LogP contribution in [-0.4, -0.2) is 16.5 Å². The van der Waals surface area contributed by atoms with Crippen molar-refractivity contribution in [3.8, 4) is 0 Å². The van der Waals surface area contributed by atoms with Gasteiger partial charge in [-0.05, 0) is 38.1 Å². The summed E-state index contributed by atoms with van der Waals surface area (Å²) in [5.41, 5.74) is 1.95. The van der Waals surface area contributed by atoms with Gasteiger partial charge in [0.05, 0.1) is 5.38 Å². The summed E-state index contributed by atoms with van der Waals surface area (Å²) in [4.78, 5) is 13.5. The average Bonchev–Trinajstić information content (AvgIpc) is 2.48. The highest BCUT2D eigenvalue weighted by Gasteiger charge is 2.25. The number of halogens is 1. The molecule has 110 valence electrons. The smallest absolute Gasteiger partial charge is 0.239 e. The van der Waals surface area contributed by atoms with Gasteiger partial charge in [-0.2, -0.15) is 0 Å². The minimum absolute atomic E-state index is 0.0739. The molecule has 0 saturated carbocycles. The van der Waals surface area contributed by atoms with E-state index in [-0.39, 0.29) is 16.5 Å². The van der Waals surface area contributed by atoms with Crippen LogP contribution in [0.15, 0.2) is 59.5 Å². The second-order valence-electron chi connectivity index (χ2n) is 4.88. The number of hydrogen-bond donors (Lipinski definition) is 1. The molecule has 21 heavy (non-hydrogen) atoms. The van der Waals surface area contributed by atoms with Crippen LogP contribution in [0.4, 0.5) is 5.69 Å². The molecular formula is C17H18ClNOS. The molecule has 0 spiro atoms. The van der Waals surface area contributed by atoms with E-state index in [1.165, 1.54) is 11.8 Å². The summed E-state index contributed by atoms with van der Waals surface area (Å²) in [6, 6.07) is 17.6. The Morgan fingerprint density at radius 3 is 2.29 bits per heavy atom. The van der Waals surface area contributed by atoms with Gasteiger partial charge in [0.1, 0.15) is 5.25 Å². The molecule has 0 aliphatic carbocycles. The third kappa shape index (κ3) is 4.80. The van der Waals surface area contributed by atoms with Crippen molar-refractivity contribution in [3.63, 3.8) is 0 Å². The zero-order valence-corrected chi connectivity index (χ0v) is 13.6. The zero-order chi connectivity index (χ0) is 15.2. The van der Waals surface area contributed by atoms with E-state index in [0.29, 0.717) is 0 Å². The first-order valence-corrected chi connectivity index (χ1v) is 8.11. The number of carbonyl (C=O) groups excluding carboxylic acids is 1. The van der Waals surface area contributed by atoms with Crippen LogP contribution in [0.1, 0.15) is 12.5 Å². The summed E-state index contributed by atoms with van der Waals surface area (Å²) in [6.45, 7) is 3.86. The predicted molar refractivity (Wildman–Crippen MR) is 91.2 cm³/mol. The van der Waals surface area contributed by atoms with Crippen molar-refractivity contribution in [3.05, 3.63) is 60.2 Å². The Morgan fingerprint density at radius 2 is 1.71 bits per heavy atom. The molecule has 2 rings (SSSR count). The summed E-state index contributed by atoms with van der Waals surface area (Å²) in [7, 11) is 0. The summed E-state index contributed by atoms with van der Waals surface area (Å²) in [6.07, 6.45) is 0. The van der Waals surface area contributed by atoms with Gasteiger partial charge in [0.25, 0.3) is 0 Å². The van der Waals surface area contributed by atoms with E-state index in [1.54, 1.807) is 0 Å². The molecule has 0 heterocycles. The Hall–Kier alpha value is -1.45. The van der Waals surface area contributed by atoms with Gasteiger partial charge in [-0.3, -0.25) is 4.79 Å². The Morgan fingerprint density at radius 1 is 1.10 bits per heavy atom. The van der Waals surface area contributed by atoms with Gasteiger partial charge in [-0.15, -0.1) is 23.4 Å². The van der Waals surface area contributed by atoms with E-state index in [9.17, 15) is 4.79 Å². The van der Waals surface area contributed by atoms with E-state index in [2.05, 4.69) is 5.32 Å². The Labute approximate surface area is 134 Å². The van der Waals surface area contributed by atoms with Crippen molar-refractivity contribution < 1.29 is 4.79 Å². The standard InChI is InChI=1S/C17H18ClNOS/c1-12-8-10-14(11-9-12)19-17(20)16(13(2)18)21-15-6-4-3-5-7-15/h3-11,13,16H,1-2H3,(H,19,20)/t13-,16-/m1/s1. The molecule has 2 aromatic carbocycles. The third-order valence-corrected chi connectivity index (χ3v) is 4.82. The monoisotopic (exact) mass is 319 g/mol. The lowest BCUT2D eigenvalue weighted by molar-refractivity contribution is -0.115. The molecule has 2 aromatic rings. The van der Waals surface area contributed by atoms with Crippen LogP contribution >= 0.6 is 23.4 Å². The van der Waals surface area contributed by atoms with Gasteiger partial charge < -0.3 is 5.32 Å². The van der Waals surface area contributed by atoms with Gasteiger partial charge in [-0.1, -0.05) is 35.9 Å². The van der Waals surface area contributed by atoms with Crippen molar-refractivity contribution in [2.75, 3.05) is 5.32 Å². The molecule has 1 amide bonds. The van der Waals surface area contributed by atoms with E-state index in [1.807, 2.05) is 68.4 Å². The van der Waals surface area contributed by atoms with E-state index < -0.39 is 0 Å². The average molecular weight is 320 g/mol. The van der Waals surface area contributed by atoms with Crippen LogP contribution in [0.5, 0.6) is 0 Å². The fourth-order valence-electron chi connectivity index (χ4n) is 1.85. The predicted octanol–water partition coefficient (Wildman–Crippen LogP) is 4.72. The number of benzene rings is 2. The molecule has 2 atom stereocenters. The number of aryl methyl sites for hydroxylation is 1. The first-order chi connectivity index (χ1) is 10.1. The van der Waals surface area contributed by atoms with Crippen LogP contribution in [0.3, 0.4) is 0 Å². The largest absolute Gasteiger partial charge is 0.325 e. The van der Waals surface area contributed by atoms with Gasteiger partial charge >= 0.3 is 0 Å². The molecule has 0 aromatic heterocycles.